The molecule has 2 amide bonds. The Morgan fingerprint density at radius 1 is 1.13 bits per heavy atom. The van der Waals surface area contributed by atoms with Crippen molar-refractivity contribution in [1.29, 1.82) is 0 Å². The molecule has 30 heavy (non-hydrogen) atoms. The molecule has 1 atom stereocenters. The fourth-order valence-electron chi connectivity index (χ4n) is 4.14. The van der Waals surface area contributed by atoms with Crippen molar-refractivity contribution in [3.63, 3.8) is 0 Å². The molecule has 4 rings (SSSR count). The van der Waals surface area contributed by atoms with Gasteiger partial charge in [-0.05, 0) is 67.1 Å². The van der Waals surface area contributed by atoms with Crippen LogP contribution >= 0.6 is 11.8 Å². The highest BCUT2D eigenvalue weighted by Gasteiger charge is 2.38. The van der Waals surface area contributed by atoms with Crippen molar-refractivity contribution < 1.29 is 18.0 Å². The molecule has 8 heteroatoms. The lowest BCUT2D eigenvalue weighted by Gasteiger charge is -2.31. The fourth-order valence-corrected chi connectivity index (χ4v) is 5.22. The number of rotatable bonds is 4. The summed E-state index contributed by atoms with van der Waals surface area (Å²) in [6.45, 7) is 0.945. The zero-order chi connectivity index (χ0) is 21.5. The molecule has 0 radical (unpaired) electrons. The summed E-state index contributed by atoms with van der Waals surface area (Å²) in [5.41, 5.74) is 2.44. The summed E-state index contributed by atoms with van der Waals surface area (Å²) >= 11 is 1.64. The summed E-state index contributed by atoms with van der Waals surface area (Å²) in [5, 5.41) is 0. The van der Waals surface area contributed by atoms with Crippen LogP contribution in [-0.4, -0.2) is 45.8 Å². The number of nitrogens with zero attached hydrogens (tertiary/aromatic N) is 2. The largest absolute Gasteiger partial charge is 0.312 e. The van der Waals surface area contributed by atoms with Crippen LogP contribution in [-0.2, 0) is 25.8 Å². The molecule has 1 unspecified atom stereocenters. The quantitative estimate of drug-likeness (QED) is 0.678. The molecule has 1 saturated heterocycles. The third-order valence-electron chi connectivity index (χ3n) is 5.72. The minimum atomic E-state index is -3.30. The van der Waals surface area contributed by atoms with Gasteiger partial charge in [-0.15, -0.1) is 11.8 Å². The molecule has 1 fully saturated rings. The van der Waals surface area contributed by atoms with Gasteiger partial charge in [0, 0.05) is 42.0 Å². The first-order valence-electron chi connectivity index (χ1n) is 9.86. The van der Waals surface area contributed by atoms with Gasteiger partial charge in [0.1, 0.15) is 0 Å². The van der Waals surface area contributed by atoms with Crippen LogP contribution in [0.2, 0.25) is 0 Å². The number of sulfone groups is 1. The molecule has 0 aliphatic carbocycles. The lowest BCUT2D eigenvalue weighted by Crippen LogP contribution is -2.40. The SMILES string of the molecule is CSc1ccc(N2CC(C(=O)N3CCCc4cc(S(C)(=O)=O)ccc43)CC2=O)cc1. The van der Waals surface area contributed by atoms with Gasteiger partial charge < -0.3 is 9.80 Å². The molecular formula is C22H24N2O4S2. The second kappa shape index (κ2) is 8.07. The van der Waals surface area contributed by atoms with Crippen molar-refractivity contribution in [1.82, 2.24) is 0 Å². The summed E-state index contributed by atoms with van der Waals surface area (Å²) in [6.07, 6.45) is 4.88. The summed E-state index contributed by atoms with van der Waals surface area (Å²) in [5.74, 6) is -0.521. The Kier molecular flexibility index (Phi) is 5.63. The topological polar surface area (TPSA) is 74.8 Å². The third kappa shape index (κ3) is 3.98. The minimum absolute atomic E-state index is 0.0464. The number of carbonyl (C=O) groups excluding carboxylic acids is 2. The Morgan fingerprint density at radius 2 is 1.87 bits per heavy atom. The third-order valence-corrected chi connectivity index (χ3v) is 7.58. The van der Waals surface area contributed by atoms with E-state index < -0.39 is 15.8 Å². The lowest BCUT2D eigenvalue weighted by molar-refractivity contribution is -0.124. The van der Waals surface area contributed by atoms with E-state index in [2.05, 4.69) is 0 Å². The summed E-state index contributed by atoms with van der Waals surface area (Å²) < 4.78 is 23.7. The highest BCUT2D eigenvalue weighted by Crippen LogP contribution is 2.33. The summed E-state index contributed by atoms with van der Waals surface area (Å²) in [4.78, 5) is 30.7. The Labute approximate surface area is 181 Å². The predicted octanol–water partition coefficient (Wildman–Crippen LogP) is 3.14. The van der Waals surface area contributed by atoms with Crippen molar-refractivity contribution in [2.24, 2.45) is 5.92 Å². The molecule has 0 aromatic heterocycles. The van der Waals surface area contributed by atoms with Gasteiger partial charge in [0.05, 0.1) is 10.8 Å². The molecule has 2 aromatic rings. The van der Waals surface area contributed by atoms with Crippen molar-refractivity contribution in [2.45, 2.75) is 29.1 Å². The van der Waals surface area contributed by atoms with Crippen molar-refractivity contribution in [3.05, 3.63) is 48.0 Å². The lowest BCUT2D eigenvalue weighted by atomic mass is 9.99. The second-order valence-corrected chi connectivity index (χ2v) is 10.7. The van der Waals surface area contributed by atoms with Gasteiger partial charge in [0.25, 0.3) is 0 Å². The van der Waals surface area contributed by atoms with E-state index in [9.17, 15) is 18.0 Å². The van der Waals surface area contributed by atoms with Gasteiger partial charge in [-0.3, -0.25) is 9.59 Å². The Bertz CT molecular complexity index is 1100. The van der Waals surface area contributed by atoms with Crippen molar-refractivity contribution in [2.75, 3.05) is 35.4 Å². The number of fused-ring (bicyclic) bond motifs is 1. The molecule has 6 nitrogen and oxygen atoms in total. The number of aryl methyl sites for hydroxylation is 1. The predicted molar refractivity (Wildman–Crippen MR) is 119 cm³/mol. The summed E-state index contributed by atoms with van der Waals surface area (Å²) in [6, 6.07) is 12.7. The van der Waals surface area contributed by atoms with E-state index in [1.54, 1.807) is 39.8 Å². The average molecular weight is 445 g/mol. The maximum Gasteiger partial charge on any atom is 0.232 e. The van der Waals surface area contributed by atoms with Gasteiger partial charge in [0.2, 0.25) is 11.8 Å². The first-order chi connectivity index (χ1) is 14.3. The number of anilines is 2. The minimum Gasteiger partial charge on any atom is -0.312 e. The number of hydrogen-bond donors (Lipinski definition) is 0. The van der Waals surface area contributed by atoms with E-state index in [-0.39, 0.29) is 23.1 Å². The zero-order valence-corrected chi connectivity index (χ0v) is 18.6. The van der Waals surface area contributed by atoms with Gasteiger partial charge >= 0.3 is 0 Å². The normalized spacial score (nSPS) is 19.1. The van der Waals surface area contributed by atoms with E-state index in [1.807, 2.05) is 30.5 Å². The molecule has 0 N–H and O–H groups in total. The Morgan fingerprint density at radius 3 is 2.53 bits per heavy atom. The molecule has 0 bridgehead atoms. The number of hydrogen-bond acceptors (Lipinski definition) is 5. The van der Waals surface area contributed by atoms with Crippen LogP contribution in [0.3, 0.4) is 0 Å². The molecule has 2 heterocycles. The van der Waals surface area contributed by atoms with Crippen LogP contribution in [0, 0.1) is 5.92 Å². The Hall–Kier alpha value is -2.32. The van der Waals surface area contributed by atoms with Crippen LogP contribution < -0.4 is 9.80 Å². The number of carbonyl (C=O) groups is 2. The maximum atomic E-state index is 13.3. The van der Waals surface area contributed by atoms with Crippen LogP contribution in [0.25, 0.3) is 0 Å². The Balaban J connectivity index is 1.55. The molecule has 158 valence electrons. The van der Waals surface area contributed by atoms with E-state index in [4.69, 9.17) is 0 Å². The van der Waals surface area contributed by atoms with Gasteiger partial charge in [-0.2, -0.15) is 0 Å². The number of benzene rings is 2. The van der Waals surface area contributed by atoms with Crippen LogP contribution in [0.15, 0.2) is 52.3 Å². The molecule has 0 saturated carbocycles. The zero-order valence-electron chi connectivity index (χ0n) is 17.0. The fraction of sp³-hybridized carbons (Fsp3) is 0.364. The molecular weight excluding hydrogens is 420 g/mol. The van der Waals surface area contributed by atoms with Crippen molar-refractivity contribution in [3.8, 4) is 0 Å². The number of thioether (sulfide) groups is 1. The van der Waals surface area contributed by atoms with E-state index >= 15 is 0 Å². The van der Waals surface area contributed by atoms with Gasteiger partial charge in [0.15, 0.2) is 9.84 Å². The van der Waals surface area contributed by atoms with E-state index in [0.29, 0.717) is 13.1 Å². The molecule has 2 aliphatic rings. The first-order valence-corrected chi connectivity index (χ1v) is 13.0. The second-order valence-electron chi connectivity index (χ2n) is 7.76. The summed E-state index contributed by atoms with van der Waals surface area (Å²) in [7, 11) is -3.30. The highest BCUT2D eigenvalue weighted by molar-refractivity contribution is 7.98. The standard InChI is InChI=1S/C22H24N2O4S2/c1-29-18-7-5-17(6-8-18)24-14-16(13-21(24)25)22(26)23-11-3-4-15-12-19(30(2,27)28)9-10-20(15)23/h5-10,12,16H,3-4,11,13-14H2,1-2H3. The van der Waals surface area contributed by atoms with Crippen LogP contribution in [0.5, 0.6) is 0 Å². The smallest absolute Gasteiger partial charge is 0.232 e. The number of amides is 2. The molecule has 0 spiro atoms. The van der Waals surface area contributed by atoms with Gasteiger partial charge in [-0.1, -0.05) is 0 Å². The van der Waals surface area contributed by atoms with Crippen molar-refractivity contribution >= 4 is 44.8 Å². The molecule has 2 aromatic carbocycles. The first kappa shape index (κ1) is 20.9. The molecule has 2 aliphatic heterocycles. The van der Waals surface area contributed by atoms with Gasteiger partial charge in [-0.25, -0.2) is 8.42 Å². The van der Waals surface area contributed by atoms with E-state index in [0.717, 1.165) is 34.7 Å². The maximum absolute atomic E-state index is 13.3. The monoisotopic (exact) mass is 444 g/mol. The average Bonchev–Trinajstić information content (AvgIpc) is 3.13. The van der Waals surface area contributed by atoms with E-state index in [1.165, 1.54) is 6.26 Å². The van der Waals surface area contributed by atoms with Crippen LogP contribution in [0.4, 0.5) is 11.4 Å². The van der Waals surface area contributed by atoms with Crippen LogP contribution in [0.1, 0.15) is 18.4 Å². The highest BCUT2D eigenvalue weighted by atomic mass is 32.2.